The van der Waals surface area contributed by atoms with Gasteiger partial charge in [0, 0.05) is 36.9 Å². The molecule has 1 saturated heterocycles. The number of hydrogen-bond acceptors (Lipinski definition) is 6. The van der Waals surface area contributed by atoms with E-state index in [0.29, 0.717) is 11.8 Å². The van der Waals surface area contributed by atoms with Crippen molar-refractivity contribution in [3.63, 3.8) is 0 Å². The number of hydrogen-bond donors (Lipinski definition) is 1. The van der Waals surface area contributed by atoms with E-state index in [-0.39, 0.29) is 48.2 Å². The van der Waals surface area contributed by atoms with E-state index in [1.54, 1.807) is 4.90 Å². The lowest BCUT2D eigenvalue weighted by atomic mass is 9.65. The minimum Gasteiger partial charge on any atom is -0.349 e. The molecule has 6 nitrogen and oxygen atoms in total. The quantitative estimate of drug-likeness (QED) is 0.745. The smallest absolute Gasteiger partial charge is 0.349 e. The molecule has 2 atom stereocenters. The number of nitrogens with one attached hydrogen (secondary N) is 1. The molecule has 1 aliphatic heterocycles. The highest BCUT2D eigenvalue weighted by atomic mass is 32.2. The molecular weight excluding hydrogens is 429 g/mol. The molecule has 4 aliphatic carbocycles. The molecule has 31 heavy (non-hydrogen) atoms. The van der Waals surface area contributed by atoms with E-state index in [1.165, 1.54) is 25.5 Å². The Balaban J connectivity index is 1.37. The molecule has 5 fully saturated rings. The number of fused-ring (bicyclic) bond motifs is 1. The second-order valence-electron chi connectivity index (χ2n) is 10.2. The van der Waals surface area contributed by atoms with Crippen LogP contribution in [0.1, 0.15) is 56.2 Å². The minimum atomic E-state index is -4.59. The van der Waals surface area contributed by atoms with E-state index in [2.05, 4.69) is 15.3 Å². The zero-order valence-electron chi connectivity index (χ0n) is 17.5. The van der Waals surface area contributed by atoms with Gasteiger partial charge in [-0.05, 0) is 62.7 Å². The Bertz CT molecular complexity index is 924. The van der Waals surface area contributed by atoms with Crippen LogP contribution in [0.4, 0.5) is 19.1 Å². The van der Waals surface area contributed by atoms with Crippen molar-refractivity contribution in [3.8, 4) is 0 Å². The Kier molecular flexibility index (Phi) is 5.23. The second kappa shape index (κ2) is 7.57. The molecule has 1 aromatic heterocycles. The van der Waals surface area contributed by atoms with Crippen molar-refractivity contribution in [1.82, 2.24) is 14.9 Å². The maximum atomic E-state index is 13.8. The van der Waals surface area contributed by atoms with Gasteiger partial charge in [0.2, 0.25) is 5.95 Å². The van der Waals surface area contributed by atoms with Crippen molar-refractivity contribution in [2.24, 2.45) is 17.8 Å². The first-order valence-corrected chi connectivity index (χ1v) is 13.1. The predicted molar refractivity (Wildman–Crippen MR) is 110 cm³/mol. The Morgan fingerprint density at radius 2 is 1.74 bits per heavy atom. The topological polar surface area (TPSA) is 75.2 Å². The summed E-state index contributed by atoms with van der Waals surface area (Å²) in [7, 11) is -3.09. The lowest BCUT2D eigenvalue weighted by molar-refractivity contribution is -0.142. The van der Waals surface area contributed by atoms with Crippen LogP contribution in [-0.2, 0) is 22.6 Å². The molecular formula is C21H29F3N4O2S. The highest BCUT2D eigenvalue weighted by Crippen LogP contribution is 2.53. The molecule has 1 aromatic rings. The molecule has 10 heteroatoms. The van der Waals surface area contributed by atoms with Crippen molar-refractivity contribution in [2.75, 3.05) is 29.9 Å². The largest absolute Gasteiger partial charge is 0.433 e. The van der Waals surface area contributed by atoms with Crippen LogP contribution in [-0.4, -0.2) is 53.4 Å². The Morgan fingerprint density at radius 1 is 1.10 bits per heavy atom. The van der Waals surface area contributed by atoms with Crippen LogP contribution in [0, 0.1) is 17.8 Å². The van der Waals surface area contributed by atoms with Crippen molar-refractivity contribution < 1.29 is 21.6 Å². The maximum Gasteiger partial charge on any atom is 0.433 e. The summed E-state index contributed by atoms with van der Waals surface area (Å²) in [5.41, 5.74) is -1.11. The third kappa shape index (κ3) is 4.55. The van der Waals surface area contributed by atoms with Crippen LogP contribution in [0.3, 0.4) is 0 Å². The van der Waals surface area contributed by atoms with Gasteiger partial charge in [0.1, 0.15) is 0 Å². The average molecular weight is 459 g/mol. The minimum absolute atomic E-state index is 0.000470. The SMILES string of the molecule is O=S1(=O)CCN(Cc2cnc(NC34CCC5CC(CC(C5)C3)C4)nc2C(F)(F)F)CC1. The summed E-state index contributed by atoms with van der Waals surface area (Å²) in [6.45, 7) is 0.459. The zero-order chi connectivity index (χ0) is 21.9. The molecule has 2 unspecified atom stereocenters. The van der Waals surface area contributed by atoms with Gasteiger partial charge in [-0.25, -0.2) is 18.4 Å². The first-order chi connectivity index (χ1) is 14.6. The summed E-state index contributed by atoms with van der Waals surface area (Å²) in [6.07, 6.45) is 4.52. The summed E-state index contributed by atoms with van der Waals surface area (Å²) < 4.78 is 64.7. The highest BCUT2D eigenvalue weighted by Gasteiger charge is 2.48. The monoisotopic (exact) mass is 458 g/mol. The van der Waals surface area contributed by atoms with E-state index in [9.17, 15) is 21.6 Å². The average Bonchev–Trinajstić information content (AvgIpc) is 2.87. The molecule has 4 saturated carbocycles. The number of alkyl halides is 3. The van der Waals surface area contributed by atoms with E-state index in [0.717, 1.165) is 31.6 Å². The van der Waals surface area contributed by atoms with Gasteiger partial charge in [-0.3, -0.25) is 4.90 Å². The van der Waals surface area contributed by atoms with Crippen LogP contribution in [0.25, 0.3) is 0 Å². The summed E-state index contributed by atoms with van der Waals surface area (Å²) >= 11 is 0. The third-order valence-corrected chi connectivity index (χ3v) is 9.34. The summed E-state index contributed by atoms with van der Waals surface area (Å²) in [5, 5.41) is 3.36. The molecule has 0 amide bonds. The summed E-state index contributed by atoms with van der Waals surface area (Å²) in [4.78, 5) is 9.96. The first kappa shape index (κ1) is 21.4. The number of anilines is 1. The molecule has 0 radical (unpaired) electrons. The fourth-order valence-electron chi connectivity index (χ4n) is 6.52. The number of rotatable bonds is 4. The van der Waals surface area contributed by atoms with Crippen LogP contribution >= 0.6 is 0 Å². The van der Waals surface area contributed by atoms with Gasteiger partial charge in [-0.15, -0.1) is 0 Å². The van der Waals surface area contributed by atoms with Gasteiger partial charge < -0.3 is 5.32 Å². The number of halogens is 3. The molecule has 4 bridgehead atoms. The van der Waals surface area contributed by atoms with Crippen molar-refractivity contribution in [3.05, 3.63) is 17.5 Å². The van der Waals surface area contributed by atoms with E-state index in [1.807, 2.05) is 0 Å². The van der Waals surface area contributed by atoms with Crippen LogP contribution < -0.4 is 5.32 Å². The fraction of sp³-hybridized carbons (Fsp3) is 0.810. The fourth-order valence-corrected chi connectivity index (χ4v) is 7.80. The standard InChI is InChI=1S/C21H29F3N4O2S/c22-21(23,24)18-17(13-28-3-5-31(29,30)6-4-28)12-25-19(26-18)27-20-2-1-14-7-15(10-20)9-16(8-14)11-20/h12,14-16H,1-11,13H2,(H,25,26,27). The van der Waals surface area contributed by atoms with Gasteiger partial charge >= 0.3 is 6.18 Å². The molecule has 1 N–H and O–H groups in total. The van der Waals surface area contributed by atoms with Crippen molar-refractivity contribution >= 4 is 15.8 Å². The first-order valence-electron chi connectivity index (χ1n) is 11.2. The third-order valence-electron chi connectivity index (χ3n) is 7.73. The predicted octanol–water partition coefficient (Wildman–Crippen LogP) is 3.50. The molecule has 6 rings (SSSR count). The Morgan fingerprint density at radius 3 is 2.39 bits per heavy atom. The molecule has 2 heterocycles. The number of sulfone groups is 1. The Hall–Kier alpha value is -1.42. The van der Waals surface area contributed by atoms with Gasteiger partial charge in [0.05, 0.1) is 11.5 Å². The van der Waals surface area contributed by atoms with Gasteiger partial charge in [-0.1, -0.05) is 0 Å². The van der Waals surface area contributed by atoms with Gasteiger partial charge in [-0.2, -0.15) is 13.2 Å². The zero-order valence-corrected chi connectivity index (χ0v) is 18.3. The van der Waals surface area contributed by atoms with Crippen LogP contribution in [0.5, 0.6) is 0 Å². The lowest BCUT2D eigenvalue weighted by Crippen LogP contribution is -2.45. The summed E-state index contributed by atoms with van der Waals surface area (Å²) in [5.74, 6) is 2.09. The van der Waals surface area contributed by atoms with E-state index in [4.69, 9.17) is 0 Å². The maximum absolute atomic E-state index is 13.8. The molecule has 0 spiro atoms. The normalized spacial score (nSPS) is 35.1. The van der Waals surface area contributed by atoms with Gasteiger partial charge in [0.15, 0.2) is 15.5 Å². The second-order valence-corrected chi connectivity index (χ2v) is 12.5. The van der Waals surface area contributed by atoms with Crippen LogP contribution in [0.2, 0.25) is 0 Å². The van der Waals surface area contributed by atoms with E-state index >= 15 is 0 Å². The molecule has 0 aromatic carbocycles. The van der Waals surface area contributed by atoms with Gasteiger partial charge in [0.25, 0.3) is 0 Å². The molecule has 172 valence electrons. The summed E-state index contributed by atoms with van der Waals surface area (Å²) in [6, 6.07) is 0. The molecule has 5 aliphatic rings. The van der Waals surface area contributed by atoms with Crippen molar-refractivity contribution in [2.45, 2.75) is 63.2 Å². The number of nitrogens with zero attached hydrogens (tertiary/aromatic N) is 3. The van der Waals surface area contributed by atoms with Crippen molar-refractivity contribution in [1.29, 1.82) is 0 Å². The van der Waals surface area contributed by atoms with E-state index < -0.39 is 21.7 Å². The number of aromatic nitrogens is 2. The Labute approximate surface area is 180 Å². The van der Waals surface area contributed by atoms with Crippen LogP contribution in [0.15, 0.2) is 6.20 Å². The highest BCUT2D eigenvalue weighted by molar-refractivity contribution is 7.91. The lowest BCUT2D eigenvalue weighted by Gasteiger charge is -2.45.